The molecule has 5 nitrogen and oxygen atoms in total. The molecular weight excluding hydrogens is 296 g/mol. The van der Waals surface area contributed by atoms with Gasteiger partial charge in [-0.1, -0.05) is 6.07 Å². The maximum atomic E-state index is 11.9. The Balaban J connectivity index is 1.63. The van der Waals surface area contributed by atoms with Gasteiger partial charge in [0, 0.05) is 30.0 Å². The van der Waals surface area contributed by atoms with E-state index in [4.69, 9.17) is 0 Å². The first-order chi connectivity index (χ1) is 10.7. The highest BCUT2D eigenvalue weighted by molar-refractivity contribution is 7.10. The predicted molar refractivity (Wildman–Crippen MR) is 86.0 cm³/mol. The van der Waals surface area contributed by atoms with Crippen LogP contribution in [-0.2, 0) is 17.8 Å². The first-order valence-corrected chi connectivity index (χ1v) is 7.84. The van der Waals surface area contributed by atoms with Gasteiger partial charge in [0.2, 0.25) is 5.91 Å². The summed E-state index contributed by atoms with van der Waals surface area (Å²) in [5.74, 6) is 1.71. The minimum absolute atomic E-state index is 0.0274. The number of imidazole rings is 1. The van der Waals surface area contributed by atoms with Crippen LogP contribution in [0, 0.1) is 6.92 Å². The molecule has 0 aliphatic rings. The number of hydrogen-bond donors (Lipinski definition) is 1. The highest BCUT2D eigenvalue weighted by atomic mass is 32.1. The first-order valence-electron chi connectivity index (χ1n) is 6.97. The number of rotatable bonds is 5. The lowest BCUT2D eigenvalue weighted by Crippen LogP contribution is -2.24. The van der Waals surface area contributed by atoms with E-state index >= 15 is 0 Å². The molecule has 0 bridgehead atoms. The molecular formula is C16H16N4OS. The van der Waals surface area contributed by atoms with E-state index in [1.807, 2.05) is 47.3 Å². The summed E-state index contributed by atoms with van der Waals surface area (Å²) in [4.78, 5) is 21.5. The Labute approximate surface area is 132 Å². The Hall–Kier alpha value is -2.47. The monoisotopic (exact) mass is 312 g/mol. The highest BCUT2D eigenvalue weighted by Gasteiger charge is 2.06. The summed E-state index contributed by atoms with van der Waals surface area (Å²) in [6, 6.07) is 7.79. The Morgan fingerprint density at radius 1 is 1.32 bits per heavy atom. The van der Waals surface area contributed by atoms with Crippen LogP contribution in [-0.4, -0.2) is 20.4 Å². The number of aromatic nitrogens is 3. The summed E-state index contributed by atoms with van der Waals surface area (Å²) in [6.07, 6.45) is 5.79. The average Bonchev–Trinajstić information content (AvgIpc) is 3.17. The third-order valence-electron chi connectivity index (χ3n) is 3.29. The fourth-order valence-corrected chi connectivity index (χ4v) is 2.86. The van der Waals surface area contributed by atoms with Gasteiger partial charge in [-0.2, -0.15) is 0 Å². The lowest BCUT2D eigenvalue weighted by atomic mass is 10.2. The minimum atomic E-state index is 0.0274. The third kappa shape index (κ3) is 3.40. The second-order valence-corrected chi connectivity index (χ2v) is 5.93. The predicted octanol–water partition coefficient (Wildman–Crippen LogP) is 2.50. The first kappa shape index (κ1) is 14.5. The summed E-state index contributed by atoms with van der Waals surface area (Å²) < 4.78 is 1.91. The minimum Gasteiger partial charge on any atom is -0.352 e. The summed E-state index contributed by atoms with van der Waals surface area (Å²) >= 11 is 1.59. The van der Waals surface area contributed by atoms with Crippen molar-refractivity contribution in [1.29, 1.82) is 0 Å². The van der Waals surface area contributed by atoms with Crippen LogP contribution in [0.3, 0.4) is 0 Å². The third-order valence-corrected chi connectivity index (χ3v) is 4.16. The molecule has 6 heteroatoms. The summed E-state index contributed by atoms with van der Waals surface area (Å²) in [6.45, 7) is 2.42. The van der Waals surface area contributed by atoms with E-state index in [1.54, 1.807) is 23.7 Å². The fourth-order valence-electron chi connectivity index (χ4n) is 2.16. The van der Waals surface area contributed by atoms with Crippen LogP contribution < -0.4 is 5.32 Å². The topological polar surface area (TPSA) is 59.8 Å². The SMILES string of the molecule is Cc1nccn1-c1cc(CNC(=O)Cc2cccs2)ccn1. The molecule has 0 spiro atoms. The Morgan fingerprint density at radius 2 is 2.23 bits per heavy atom. The molecule has 3 heterocycles. The van der Waals surface area contributed by atoms with Crippen LogP contribution in [0.2, 0.25) is 0 Å². The normalized spacial score (nSPS) is 10.6. The quantitative estimate of drug-likeness (QED) is 0.787. The molecule has 0 unspecified atom stereocenters. The number of aryl methyl sites for hydroxylation is 1. The number of nitrogens with zero attached hydrogens (tertiary/aromatic N) is 3. The van der Waals surface area contributed by atoms with Crippen molar-refractivity contribution in [3.05, 3.63) is 64.5 Å². The van der Waals surface area contributed by atoms with Gasteiger partial charge in [-0.15, -0.1) is 11.3 Å². The van der Waals surface area contributed by atoms with Crippen LogP contribution >= 0.6 is 11.3 Å². The molecule has 1 N–H and O–H groups in total. The maximum Gasteiger partial charge on any atom is 0.225 e. The molecule has 0 saturated carbocycles. The van der Waals surface area contributed by atoms with Crippen LogP contribution in [0.1, 0.15) is 16.3 Å². The van der Waals surface area contributed by atoms with E-state index in [0.29, 0.717) is 13.0 Å². The van der Waals surface area contributed by atoms with Crippen LogP contribution in [0.15, 0.2) is 48.2 Å². The van der Waals surface area contributed by atoms with E-state index in [9.17, 15) is 4.79 Å². The molecule has 112 valence electrons. The van der Waals surface area contributed by atoms with Crippen LogP contribution in [0.5, 0.6) is 0 Å². The molecule has 3 aromatic rings. The van der Waals surface area contributed by atoms with Crippen molar-refractivity contribution in [2.24, 2.45) is 0 Å². The van der Waals surface area contributed by atoms with Gasteiger partial charge >= 0.3 is 0 Å². The van der Waals surface area contributed by atoms with Crippen molar-refractivity contribution >= 4 is 17.2 Å². The van der Waals surface area contributed by atoms with E-state index in [2.05, 4.69) is 15.3 Å². The lowest BCUT2D eigenvalue weighted by molar-refractivity contribution is -0.120. The van der Waals surface area contributed by atoms with E-state index in [-0.39, 0.29) is 5.91 Å². The van der Waals surface area contributed by atoms with Crippen LogP contribution in [0.4, 0.5) is 0 Å². The molecule has 0 saturated heterocycles. The van der Waals surface area contributed by atoms with Gasteiger partial charge in [-0.05, 0) is 36.1 Å². The Morgan fingerprint density at radius 3 is 2.95 bits per heavy atom. The number of thiophene rings is 1. The summed E-state index contributed by atoms with van der Waals surface area (Å²) in [7, 11) is 0. The molecule has 0 aliphatic heterocycles. The Kier molecular flexibility index (Phi) is 4.29. The smallest absolute Gasteiger partial charge is 0.225 e. The number of pyridine rings is 1. The van der Waals surface area contributed by atoms with E-state index in [1.165, 1.54) is 0 Å². The number of carbonyl (C=O) groups is 1. The van der Waals surface area contributed by atoms with Crippen molar-refractivity contribution in [2.45, 2.75) is 19.9 Å². The summed E-state index contributed by atoms with van der Waals surface area (Å²) in [5.41, 5.74) is 1.01. The zero-order valence-electron chi connectivity index (χ0n) is 12.2. The van der Waals surface area contributed by atoms with Gasteiger partial charge in [0.15, 0.2) is 0 Å². The second-order valence-electron chi connectivity index (χ2n) is 4.90. The van der Waals surface area contributed by atoms with Crippen molar-refractivity contribution < 1.29 is 4.79 Å². The number of carbonyl (C=O) groups excluding carboxylic acids is 1. The van der Waals surface area contributed by atoms with Gasteiger partial charge in [0.05, 0.1) is 6.42 Å². The fraction of sp³-hybridized carbons (Fsp3) is 0.188. The highest BCUT2D eigenvalue weighted by Crippen LogP contribution is 2.11. The maximum absolute atomic E-state index is 11.9. The lowest BCUT2D eigenvalue weighted by Gasteiger charge is -2.08. The molecule has 0 aliphatic carbocycles. The van der Waals surface area contributed by atoms with Gasteiger partial charge in [-0.3, -0.25) is 9.36 Å². The Bertz CT molecular complexity index is 764. The molecule has 0 radical (unpaired) electrons. The molecule has 0 fully saturated rings. The van der Waals surface area contributed by atoms with Crippen molar-refractivity contribution in [2.75, 3.05) is 0 Å². The van der Waals surface area contributed by atoms with Crippen molar-refractivity contribution in [1.82, 2.24) is 19.9 Å². The van der Waals surface area contributed by atoms with Crippen molar-refractivity contribution in [3.8, 4) is 5.82 Å². The van der Waals surface area contributed by atoms with Gasteiger partial charge in [0.25, 0.3) is 0 Å². The zero-order valence-corrected chi connectivity index (χ0v) is 13.0. The molecule has 0 aromatic carbocycles. The zero-order chi connectivity index (χ0) is 15.4. The van der Waals surface area contributed by atoms with Crippen molar-refractivity contribution in [3.63, 3.8) is 0 Å². The van der Waals surface area contributed by atoms with E-state index in [0.717, 1.165) is 22.1 Å². The molecule has 3 rings (SSSR count). The number of amides is 1. The number of nitrogens with one attached hydrogen (secondary N) is 1. The average molecular weight is 312 g/mol. The second kappa shape index (κ2) is 6.53. The van der Waals surface area contributed by atoms with Gasteiger partial charge < -0.3 is 5.32 Å². The largest absolute Gasteiger partial charge is 0.352 e. The van der Waals surface area contributed by atoms with Gasteiger partial charge in [-0.25, -0.2) is 9.97 Å². The van der Waals surface area contributed by atoms with E-state index < -0.39 is 0 Å². The molecule has 3 aromatic heterocycles. The molecule has 22 heavy (non-hydrogen) atoms. The van der Waals surface area contributed by atoms with Crippen LogP contribution in [0.25, 0.3) is 5.82 Å². The number of hydrogen-bond acceptors (Lipinski definition) is 4. The van der Waals surface area contributed by atoms with Gasteiger partial charge in [0.1, 0.15) is 11.6 Å². The standard InChI is InChI=1S/C16H16N4OS/c1-12-17-6-7-20(12)15-9-13(4-5-18-15)11-19-16(21)10-14-3-2-8-22-14/h2-9H,10-11H2,1H3,(H,19,21). The molecule has 0 atom stereocenters. The summed E-state index contributed by atoms with van der Waals surface area (Å²) in [5, 5.41) is 4.92. The molecule has 1 amide bonds.